The normalized spacial score (nSPS) is 9.75. The zero-order chi connectivity index (χ0) is 8.97. The van der Waals surface area contributed by atoms with Gasteiger partial charge >= 0.3 is 5.97 Å². The number of hydrogen-bond donors (Lipinski definition) is 1. The van der Waals surface area contributed by atoms with Gasteiger partial charge in [0.25, 0.3) is 5.55 Å². The Morgan fingerprint density at radius 1 is 1.92 bits per heavy atom. The number of ether oxygens (including phenoxy) is 1. The first-order chi connectivity index (χ1) is 5.72. The summed E-state index contributed by atoms with van der Waals surface area (Å²) < 4.78 is 10.3. The zero-order valence-corrected chi connectivity index (χ0v) is 6.61. The van der Waals surface area contributed by atoms with E-state index in [0.29, 0.717) is 6.61 Å². The van der Waals surface area contributed by atoms with E-state index in [2.05, 4.69) is 14.5 Å². The fourth-order valence-corrected chi connectivity index (χ4v) is 0.692. The van der Waals surface area contributed by atoms with Crippen LogP contribution in [0.15, 0.2) is 10.7 Å². The second-order valence-electron chi connectivity index (χ2n) is 2.07. The van der Waals surface area contributed by atoms with Crippen molar-refractivity contribution in [1.29, 1.82) is 5.41 Å². The molecule has 1 heterocycles. The van der Waals surface area contributed by atoms with Gasteiger partial charge in [-0.2, -0.15) is 0 Å². The van der Waals surface area contributed by atoms with Gasteiger partial charge in [0.15, 0.2) is 0 Å². The molecule has 0 spiro atoms. The van der Waals surface area contributed by atoms with Crippen LogP contribution in [0.4, 0.5) is 0 Å². The summed E-state index contributed by atoms with van der Waals surface area (Å²) in [7, 11) is 0. The molecular formula is C6H9N3O3. The minimum absolute atomic E-state index is 0.0176. The summed E-state index contributed by atoms with van der Waals surface area (Å²) in [5.74, 6) is -0.393. The van der Waals surface area contributed by atoms with E-state index in [0.717, 1.165) is 0 Å². The van der Waals surface area contributed by atoms with Crippen molar-refractivity contribution in [2.75, 3.05) is 6.61 Å². The average Bonchev–Trinajstić information content (AvgIpc) is 2.36. The third-order valence-electron chi connectivity index (χ3n) is 1.11. The highest BCUT2D eigenvalue weighted by Crippen LogP contribution is 1.75. The quantitative estimate of drug-likeness (QED) is 0.446. The van der Waals surface area contributed by atoms with E-state index in [1.165, 1.54) is 10.9 Å². The molecule has 1 aromatic heterocycles. The summed E-state index contributed by atoms with van der Waals surface area (Å²) in [5, 5.41) is 10.4. The molecule has 0 aromatic carbocycles. The minimum atomic E-state index is -0.393. The number of carbonyl (C=O) groups is 1. The fourth-order valence-electron chi connectivity index (χ4n) is 0.692. The van der Waals surface area contributed by atoms with E-state index in [-0.39, 0.29) is 12.1 Å². The first-order valence-corrected chi connectivity index (χ1v) is 3.46. The van der Waals surface area contributed by atoms with Crippen LogP contribution in [0.2, 0.25) is 0 Å². The standard InChI is InChI=1S/C6H9N3O3/c1-2-11-6(10)4-9-3-5(7)12-8-9/h3,7H,2,4H2,1H3. The number of carbonyl (C=O) groups excluding carboxylic acids is 1. The van der Waals surface area contributed by atoms with Crippen molar-refractivity contribution in [3.05, 3.63) is 11.8 Å². The molecule has 0 saturated heterocycles. The average molecular weight is 171 g/mol. The molecule has 0 aliphatic heterocycles. The maximum absolute atomic E-state index is 10.8. The number of aromatic nitrogens is 2. The van der Waals surface area contributed by atoms with E-state index in [1.54, 1.807) is 6.92 Å². The van der Waals surface area contributed by atoms with Crippen LogP contribution in [0.25, 0.3) is 0 Å². The van der Waals surface area contributed by atoms with E-state index >= 15 is 0 Å². The summed E-state index contributed by atoms with van der Waals surface area (Å²) in [6.45, 7) is 2.04. The molecule has 0 fully saturated rings. The van der Waals surface area contributed by atoms with Gasteiger partial charge in [-0.05, 0) is 6.92 Å². The van der Waals surface area contributed by atoms with Gasteiger partial charge in [-0.15, -0.1) is 0 Å². The summed E-state index contributed by atoms with van der Waals surface area (Å²) in [6.07, 6.45) is 1.30. The topological polar surface area (TPSA) is 81.3 Å². The zero-order valence-electron chi connectivity index (χ0n) is 6.61. The molecule has 12 heavy (non-hydrogen) atoms. The maximum Gasteiger partial charge on any atom is 0.372 e. The Hall–Kier alpha value is -1.59. The lowest BCUT2D eigenvalue weighted by Gasteiger charge is -1.97. The molecule has 1 rings (SSSR count). The van der Waals surface area contributed by atoms with Crippen LogP contribution in [0, 0.1) is 5.41 Å². The molecule has 1 aromatic rings. The maximum atomic E-state index is 10.8. The van der Waals surface area contributed by atoms with Crippen LogP contribution in [0.1, 0.15) is 6.92 Å². The van der Waals surface area contributed by atoms with Crippen LogP contribution >= 0.6 is 0 Å². The van der Waals surface area contributed by atoms with Crippen LogP contribution in [0.5, 0.6) is 0 Å². The third kappa shape index (κ3) is 2.22. The second kappa shape index (κ2) is 3.70. The van der Waals surface area contributed by atoms with E-state index in [4.69, 9.17) is 5.41 Å². The molecule has 6 nitrogen and oxygen atoms in total. The number of nitrogens with one attached hydrogen (secondary N) is 1. The lowest BCUT2D eigenvalue weighted by Crippen LogP contribution is -2.41. The number of rotatable bonds is 3. The number of esters is 1. The summed E-state index contributed by atoms with van der Waals surface area (Å²) in [4.78, 5) is 10.8. The van der Waals surface area contributed by atoms with Gasteiger partial charge in [-0.25, -0.2) is 9.48 Å². The Labute approximate surface area is 68.2 Å². The van der Waals surface area contributed by atoms with Crippen LogP contribution in [-0.2, 0) is 16.1 Å². The van der Waals surface area contributed by atoms with Crippen molar-refractivity contribution in [3.63, 3.8) is 0 Å². The molecule has 0 bridgehead atoms. The highest BCUT2D eigenvalue weighted by atomic mass is 16.5. The van der Waals surface area contributed by atoms with Crippen molar-refractivity contribution < 1.29 is 18.7 Å². The molecule has 0 atom stereocenters. The highest BCUT2D eigenvalue weighted by molar-refractivity contribution is 5.67. The minimum Gasteiger partial charge on any atom is -0.487 e. The molecule has 0 amide bonds. The Kier molecular flexibility index (Phi) is 2.62. The number of nitrogens with zero attached hydrogens (tertiary/aromatic N) is 2. The molecule has 0 aliphatic carbocycles. The highest BCUT2D eigenvalue weighted by Gasteiger charge is 2.06. The van der Waals surface area contributed by atoms with Crippen molar-refractivity contribution in [2.24, 2.45) is 0 Å². The molecule has 0 aliphatic rings. The monoisotopic (exact) mass is 171 g/mol. The second-order valence-corrected chi connectivity index (χ2v) is 2.07. The lowest BCUT2D eigenvalue weighted by atomic mass is 10.6. The van der Waals surface area contributed by atoms with Gasteiger partial charge in [0.1, 0.15) is 0 Å². The van der Waals surface area contributed by atoms with E-state index in [1.807, 2.05) is 0 Å². The van der Waals surface area contributed by atoms with Gasteiger partial charge in [0, 0.05) is 0 Å². The Morgan fingerprint density at radius 3 is 3.17 bits per heavy atom. The van der Waals surface area contributed by atoms with Gasteiger partial charge in [-0.1, -0.05) is 0 Å². The van der Waals surface area contributed by atoms with Crippen LogP contribution in [-0.4, -0.2) is 12.6 Å². The third-order valence-corrected chi connectivity index (χ3v) is 1.11. The van der Waals surface area contributed by atoms with Crippen molar-refractivity contribution in [3.8, 4) is 0 Å². The largest absolute Gasteiger partial charge is 0.487 e. The van der Waals surface area contributed by atoms with Crippen molar-refractivity contribution in [1.82, 2.24) is 5.27 Å². The predicted molar refractivity (Wildman–Crippen MR) is 34.7 cm³/mol. The van der Waals surface area contributed by atoms with Gasteiger partial charge in [0.05, 0.1) is 6.61 Å². The van der Waals surface area contributed by atoms with Crippen molar-refractivity contribution in [2.45, 2.75) is 13.5 Å². The summed E-state index contributed by atoms with van der Waals surface area (Å²) >= 11 is 0. The van der Waals surface area contributed by atoms with Crippen LogP contribution in [0.3, 0.4) is 0 Å². The molecule has 6 heteroatoms. The Bertz CT molecular complexity index is 314. The molecule has 0 saturated carbocycles. The molecular weight excluding hydrogens is 162 g/mol. The summed E-state index contributed by atoms with van der Waals surface area (Å²) in [6, 6.07) is 0. The molecule has 1 N–H and O–H groups in total. The molecule has 0 radical (unpaired) electrons. The Morgan fingerprint density at radius 2 is 2.67 bits per heavy atom. The fraction of sp³-hybridized carbons (Fsp3) is 0.500. The molecule has 0 unspecified atom stereocenters. The number of hydrogen-bond acceptors (Lipinski definition) is 4. The van der Waals surface area contributed by atoms with Gasteiger partial charge < -0.3 is 9.26 Å². The van der Waals surface area contributed by atoms with E-state index in [9.17, 15) is 4.79 Å². The van der Waals surface area contributed by atoms with Gasteiger partial charge in [-0.3, -0.25) is 10.7 Å². The SMILES string of the molecule is CCOC(=O)C[n+]1cc(=N)o[n-]1. The first kappa shape index (κ1) is 8.51. The van der Waals surface area contributed by atoms with Crippen molar-refractivity contribution >= 4 is 5.97 Å². The van der Waals surface area contributed by atoms with E-state index < -0.39 is 5.97 Å². The van der Waals surface area contributed by atoms with Gasteiger partial charge in [0.2, 0.25) is 12.7 Å². The van der Waals surface area contributed by atoms with Crippen LogP contribution < -0.4 is 15.5 Å². The smallest absolute Gasteiger partial charge is 0.372 e. The predicted octanol–water partition coefficient (Wildman–Crippen LogP) is -1.43. The molecule has 66 valence electrons. The first-order valence-electron chi connectivity index (χ1n) is 3.46. The lowest BCUT2D eigenvalue weighted by molar-refractivity contribution is -0.757. The Balaban J connectivity index is 2.52. The summed E-state index contributed by atoms with van der Waals surface area (Å²) in [5.41, 5.74) is -0.0840.